The van der Waals surface area contributed by atoms with Gasteiger partial charge in [-0.2, -0.15) is 0 Å². The van der Waals surface area contributed by atoms with E-state index in [0.29, 0.717) is 5.02 Å². The fourth-order valence-electron chi connectivity index (χ4n) is 1.61. The Kier molecular flexibility index (Phi) is 6.27. The highest BCUT2D eigenvalue weighted by Gasteiger charge is 2.18. The van der Waals surface area contributed by atoms with E-state index in [0.717, 1.165) is 5.56 Å². The van der Waals surface area contributed by atoms with E-state index >= 15 is 0 Å². The van der Waals surface area contributed by atoms with Gasteiger partial charge in [0.05, 0.1) is 12.6 Å². The number of hydrogen-bond donors (Lipinski definition) is 3. The van der Waals surface area contributed by atoms with Crippen LogP contribution in [0.1, 0.15) is 18.5 Å². The summed E-state index contributed by atoms with van der Waals surface area (Å²) in [5, 5.41) is 14.4. The van der Waals surface area contributed by atoms with Crippen molar-refractivity contribution in [2.45, 2.75) is 19.1 Å². The van der Waals surface area contributed by atoms with Crippen LogP contribution >= 0.6 is 11.6 Å². The lowest BCUT2D eigenvalue weighted by Crippen LogP contribution is -2.43. The van der Waals surface area contributed by atoms with E-state index in [2.05, 4.69) is 10.6 Å². The second-order valence-electron chi connectivity index (χ2n) is 4.16. The molecule has 0 radical (unpaired) electrons. The lowest BCUT2D eigenvalue weighted by atomic mass is 10.1. The number of aliphatic carboxylic acids is 1. The third kappa shape index (κ3) is 4.71. The minimum Gasteiger partial charge on any atom is -0.479 e. The number of carbonyl (C=O) groups excluding carboxylic acids is 1. The van der Waals surface area contributed by atoms with Crippen molar-refractivity contribution in [3.8, 4) is 0 Å². The normalized spacial score (nSPS) is 13.3. The first-order valence-corrected chi connectivity index (χ1v) is 6.38. The fourth-order valence-corrected chi connectivity index (χ4v) is 1.91. The largest absolute Gasteiger partial charge is 0.479 e. The summed E-state index contributed by atoms with van der Waals surface area (Å²) in [5.41, 5.74) is 0.783. The molecule has 2 atom stereocenters. The Bertz CT molecular complexity index is 481. The van der Waals surface area contributed by atoms with Crippen molar-refractivity contribution >= 4 is 23.6 Å². The van der Waals surface area contributed by atoms with E-state index in [9.17, 15) is 9.59 Å². The molecule has 1 aromatic carbocycles. The number of halogens is 1. The minimum absolute atomic E-state index is 0.118. The molecule has 3 N–H and O–H groups in total. The number of ether oxygens (including phenoxy) is 1. The van der Waals surface area contributed by atoms with Gasteiger partial charge in [-0.05, 0) is 18.6 Å². The van der Waals surface area contributed by atoms with E-state index in [1.165, 1.54) is 7.11 Å². The lowest BCUT2D eigenvalue weighted by molar-refractivity contribution is -0.147. The smallest absolute Gasteiger partial charge is 0.334 e. The summed E-state index contributed by atoms with van der Waals surface area (Å²) in [6.45, 7) is 1.67. The molecule has 0 bridgehead atoms. The number of amides is 2. The van der Waals surface area contributed by atoms with Crippen molar-refractivity contribution in [3.05, 3.63) is 34.9 Å². The van der Waals surface area contributed by atoms with Gasteiger partial charge in [-0.3, -0.25) is 0 Å². The molecule has 7 heteroatoms. The first-order valence-electron chi connectivity index (χ1n) is 6.00. The van der Waals surface area contributed by atoms with Gasteiger partial charge in [-0.1, -0.05) is 29.8 Å². The zero-order valence-electron chi connectivity index (χ0n) is 11.2. The topological polar surface area (TPSA) is 87.7 Å². The highest BCUT2D eigenvalue weighted by Crippen LogP contribution is 2.21. The standard InChI is InChI=1S/C13H17ClN2O4/c1-8(9-5-3-4-6-10(9)14)16-13(19)15-7-11(20-2)12(17)18/h3-6,8,11H,7H2,1-2H3,(H,17,18)(H2,15,16,19). The SMILES string of the molecule is COC(CNC(=O)NC(C)c1ccccc1Cl)C(=O)O. The van der Waals surface area contributed by atoms with Gasteiger partial charge in [-0.15, -0.1) is 0 Å². The van der Waals surface area contributed by atoms with Gasteiger partial charge in [0.2, 0.25) is 0 Å². The van der Waals surface area contributed by atoms with Gasteiger partial charge in [0.15, 0.2) is 6.10 Å². The number of rotatable bonds is 6. The van der Waals surface area contributed by atoms with E-state index in [-0.39, 0.29) is 12.6 Å². The Labute approximate surface area is 122 Å². The first kappa shape index (κ1) is 16.3. The second-order valence-corrected chi connectivity index (χ2v) is 4.57. The van der Waals surface area contributed by atoms with Gasteiger partial charge < -0.3 is 20.5 Å². The van der Waals surface area contributed by atoms with Crippen LogP contribution in [0, 0.1) is 0 Å². The summed E-state index contributed by atoms with van der Waals surface area (Å²) in [5.74, 6) is -1.13. The van der Waals surface area contributed by atoms with Crippen LogP contribution in [0.2, 0.25) is 5.02 Å². The Hall–Kier alpha value is -1.79. The van der Waals surface area contributed by atoms with Gasteiger partial charge in [0.25, 0.3) is 0 Å². The van der Waals surface area contributed by atoms with E-state index in [1.807, 2.05) is 12.1 Å². The van der Waals surface area contributed by atoms with Crippen LogP contribution < -0.4 is 10.6 Å². The molecule has 0 saturated heterocycles. The number of urea groups is 1. The van der Waals surface area contributed by atoms with Crippen LogP contribution in [0.15, 0.2) is 24.3 Å². The summed E-state index contributed by atoms with van der Waals surface area (Å²) in [6, 6.07) is 6.38. The van der Waals surface area contributed by atoms with Crippen LogP contribution in [-0.4, -0.2) is 36.9 Å². The van der Waals surface area contributed by atoms with Crippen LogP contribution in [0.25, 0.3) is 0 Å². The lowest BCUT2D eigenvalue weighted by Gasteiger charge is -2.17. The van der Waals surface area contributed by atoms with Crippen molar-refractivity contribution < 1.29 is 19.4 Å². The number of methoxy groups -OCH3 is 1. The predicted octanol–water partition coefficient (Wildman–Crippen LogP) is 1.80. The number of carboxylic acid groups (broad SMARTS) is 1. The van der Waals surface area contributed by atoms with E-state index in [4.69, 9.17) is 21.4 Å². The second kappa shape index (κ2) is 7.72. The van der Waals surface area contributed by atoms with Gasteiger partial charge >= 0.3 is 12.0 Å². The summed E-state index contributed by atoms with van der Waals surface area (Å²) >= 11 is 6.02. The van der Waals surface area contributed by atoms with Crippen molar-refractivity contribution in [3.63, 3.8) is 0 Å². The fraction of sp³-hybridized carbons (Fsp3) is 0.385. The van der Waals surface area contributed by atoms with Crippen LogP contribution in [0.4, 0.5) is 4.79 Å². The summed E-state index contributed by atoms with van der Waals surface area (Å²) in [7, 11) is 1.27. The van der Waals surface area contributed by atoms with E-state index in [1.54, 1.807) is 19.1 Å². The molecule has 0 aromatic heterocycles. The number of nitrogens with one attached hydrogen (secondary N) is 2. The maximum absolute atomic E-state index is 11.7. The highest BCUT2D eigenvalue weighted by atomic mass is 35.5. The van der Waals surface area contributed by atoms with Crippen LogP contribution in [-0.2, 0) is 9.53 Å². The molecule has 20 heavy (non-hydrogen) atoms. The maximum atomic E-state index is 11.7. The molecule has 0 spiro atoms. The highest BCUT2D eigenvalue weighted by molar-refractivity contribution is 6.31. The van der Waals surface area contributed by atoms with Crippen LogP contribution in [0.3, 0.4) is 0 Å². The van der Waals surface area contributed by atoms with Gasteiger partial charge in [0.1, 0.15) is 0 Å². The number of benzene rings is 1. The molecule has 6 nitrogen and oxygen atoms in total. The molecule has 2 amide bonds. The molecule has 0 heterocycles. The molecule has 0 aliphatic rings. The van der Waals surface area contributed by atoms with Crippen LogP contribution in [0.5, 0.6) is 0 Å². The molecule has 110 valence electrons. The Morgan fingerprint density at radius 1 is 1.40 bits per heavy atom. The Morgan fingerprint density at radius 2 is 2.05 bits per heavy atom. The van der Waals surface area contributed by atoms with Crippen molar-refractivity contribution in [2.75, 3.05) is 13.7 Å². The van der Waals surface area contributed by atoms with Crippen molar-refractivity contribution in [2.24, 2.45) is 0 Å². The summed E-state index contributed by atoms with van der Waals surface area (Å²) in [6.07, 6.45) is -1.07. The zero-order chi connectivity index (χ0) is 15.1. The predicted molar refractivity (Wildman–Crippen MR) is 74.8 cm³/mol. The van der Waals surface area contributed by atoms with E-state index < -0.39 is 18.1 Å². The molecule has 2 unspecified atom stereocenters. The molecular weight excluding hydrogens is 284 g/mol. The maximum Gasteiger partial charge on any atom is 0.334 e. The summed E-state index contributed by atoms with van der Waals surface area (Å²) < 4.78 is 4.71. The molecule has 0 aliphatic carbocycles. The monoisotopic (exact) mass is 300 g/mol. The minimum atomic E-state index is -1.13. The number of hydrogen-bond acceptors (Lipinski definition) is 3. The van der Waals surface area contributed by atoms with Crippen molar-refractivity contribution in [1.82, 2.24) is 10.6 Å². The van der Waals surface area contributed by atoms with Gasteiger partial charge in [-0.25, -0.2) is 9.59 Å². The quantitative estimate of drug-likeness (QED) is 0.747. The average molecular weight is 301 g/mol. The third-order valence-electron chi connectivity index (χ3n) is 2.73. The molecule has 0 aliphatic heterocycles. The zero-order valence-corrected chi connectivity index (χ0v) is 12.0. The molecular formula is C13H17ClN2O4. The number of carboxylic acids is 1. The third-order valence-corrected chi connectivity index (χ3v) is 3.07. The molecule has 1 aromatic rings. The van der Waals surface area contributed by atoms with Crippen molar-refractivity contribution in [1.29, 1.82) is 0 Å². The first-order chi connectivity index (χ1) is 9.45. The summed E-state index contributed by atoms with van der Waals surface area (Å²) in [4.78, 5) is 22.4. The average Bonchev–Trinajstić information content (AvgIpc) is 2.39. The molecule has 0 fully saturated rings. The Balaban J connectivity index is 2.50. The molecule has 0 saturated carbocycles. The van der Waals surface area contributed by atoms with Gasteiger partial charge in [0, 0.05) is 12.1 Å². The molecule has 1 rings (SSSR count). The number of carbonyl (C=O) groups is 2. The Morgan fingerprint density at radius 3 is 2.60 bits per heavy atom.